The van der Waals surface area contributed by atoms with Crippen LogP contribution in [0.25, 0.3) is 27.5 Å². The predicted molar refractivity (Wildman–Crippen MR) is 118 cm³/mol. The van der Waals surface area contributed by atoms with E-state index in [4.69, 9.17) is 0 Å². The van der Waals surface area contributed by atoms with Gasteiger partial charge in [-0.3, -0.25) is 0 Å². The maximum atomic E-state index is 2.43. The van der Waals surface area contributed by atoms with Gasteiger partial charge < -0.3 is 9.47 Å². The van der Waals surface area contributed by atoms with Crippen molar-refractivity contribution in [3.05, 3.63) is 103 Å². The largest absolute Gasteiger partial charge is 0.334 e. The monoisotopic (exact) mass is 360 g/mol. The summed E-state index contributed by atoms with van der Waals surface area (Å²) in [6.45, 7) is 2.28. The molecule has 134 valence electrons. The SMILES string of the molecule is CC1c2ccccc2N1c1ccc2c(c1)c1ccccc1n2-c1ccccc1. The predicted octanol–water partition coefficient (Wildman–Crippen LogP) is 7.00. The maximum absolute atomic E-state index is 2.43. The zero-order valence-corrected chi connectivity index (χ0v) is 15.7. The van der Waals surface area contributed by atoms with E-state index in [9.17, 15) is 0 Å². The molecule has 1 aliphatic rings. The fourth-order valence-electron chi connectivity index (χ4n) is 4.67. The Morgan fingerprint density at radius 2 is 1.32 bits per heavy atom. The fraction of sp³-hybridized carbons (Fsp3) is 0.0769. The van der Waals surface area contributed by atoms with Gasteiger partial charge in [0.1, 0.15) is 0 Å². The van der Waals surface area contributed by atoms with Crippen molar-refractivity contribution >= 4 is 33.2 Å². The van der Waals surface area contributed by atoms with Crippen molar-refractivity contribution in [1.29, 1.82) is 0 Å². The number of fused-ring (bicyclic) bond motifs is 4. The topological polar surface area (TPSA) is 8.17 Å². The van der Waals surface area contributed by atoms with Crippen LogP contribution in [0.15, 0.2) is 97.1 Å². The summed E-state index contributed by atoms with van der Waals surface area (Å²) in [6, 6.07) is 35.3. The lowest BCUT2D eigenvalue weighted by Crippen LogP contribution is -2.31. The summed E-state index contributed by atoms with van der Waals surface area (Å²) in [7, 11) is 0. The van der Waals surface area contributed by atoms with Crippen molar-refractivity contribution in [1.82, 2.24) is 4.57 Å². The van der Waals surface area contributed by atoms with Gasteiger partial charge >= 0.3 is 0 Å². The Labute approximate surface area is 164 Å². The van der Waals surface area contributed by atoms with Gasteiger partial charge in [0.15, 0.2) is 0 Å². The highest BCUT2D eigenvalue weighted by molar-refractivity contribution is 6.10. The molecule has 2 nitrogen and oxygen atoms in total. The summed E-state index contributed by atoms with van der Waals surface area (Å²) in [5, 5.41) is 2.60. The Morgan fingerprint density at radius 3 is 2.21 bits per heavy atom. The molecule has 1 unspecified atom stereocenters. The molecule has 0 N–H and O–H groups in total. The molecule has 0 radical (unpaired) electrons. The minimum Gasteiger partial charge on any atom is -0.334 e. The van der Waals surface area contributed by atoms with Crippen LogP contribution in [0, 0.1) is 0 Å². The maximum Gasteiger partial charge on any atom is 0.0584 e. The quantitative estimate of drug-likeness (QED) is 0.329. The van der Waals surface area contributed by atoms with E-state index in [-0.39, 0.29) is 0 Å². The van der Waals surface area contributed by atoms with Gasteiger partial charge in [0.2, 0.25) is 0 Å². The minimum absolute atomic E-state index is 0.413. The lowest BCUT2D eigenvalue weighted by molar-refractivity contribution is 0.705. The second-order valence-corrected chi connectivity index (χ2v) is 7.49. The van der Waals surface area contributed by atoms with E-state index in [2.05, 4.69) is 113 Å². The number of benzene rings is 4. The molecule has 0 fully saturated rings. The molecule has 2 heterocycles. The third-order valence-corrected chi connectivity index (χ3v) is 5.98. The van der Waals surface area contributed by atoms with Crippen LogP contribution in [0.5, 0.6) is 0 Å². The molecule has 28 heavy (non-hydrogen) atoms. The number of rotatable bonds is 2. The van der Waals surface area contributed by atoms with E-state index >= 15 is 0 Å². The Kier molecular flexibility index (Phi) is 3.18. The third kappa shape index (κ3) is 2.03. The molecular formula is C26H20N2. The summed E-state index contributed by atoms with van der Waals surface area (Å²) in [6.07, 6.45) is 0. The fourth-order valence-corrected chi connectivity index (χ4v) is 4.67. The van der Waals surface area contributed by atoms with Gasteiger partial charge in [0, 0.05) is 27.8 Å². The molecule has 0 bridgehead atoms. The van der Waals surface area contributed by atoms with Crippen molar-refractivity contribution in [2.24, 2.45) is 0 Å². The van der Waals surface area contributed by atoms with Gasteiger partial charge in [-0.05, 0) is 55.0 Å². The van der Waals surface area contributed by atoms with Crippen LogP contribution >= 0.6 is 0 Å². The molecule has 0 amide bonds. The highest BCUT2D eigenvalue weighted by atomic mass is 15.2. The lowest BCUT2D eigenvalue weighted by atomic mass is 9.93. The second-order valence-electron chi connectivity index (χ2n) is 7.49. The number of hydrogen-bond acceptors (Lipinski definition) is 1. The van der Waals surface area contributed by atoms with Crippen LogP contribution in [0.4, 0.5) is 11.4 Å². The van der Waals surface area contributed by atoms with Crippen LogP contribution in [-0.2, 0) is 0 Å². The van der Waals surface area contributed by atoms with Crippen LogP contribution in [0.2, 0.25) is 0 Å². The van der Waals surface area contributed by atoms with Crippen molar-refractivity contribution in [3.8, 4) is 5.69 Å². The first kappa shape index (κ1) is 15.5. The molecule has 0 saturated carbocycles. The summed E-state index contributed by atoms with van der Waals surface area (Å²) < 4.78 is 2.36. The second kappa shape index (κ2) is 5.74. The zero-order valence-electron chi connectivity index (χ0n) is 15.7. The van der Waals surface area contributed by atoms with Crippen molar-refractivity contribution in [2.45, 2.75) is 13.0 Å². The van der Waals surface area contributed by atoms with E-state index in [1.807, 2.05) is 0 Å². The molecule has 2 heteroatoms. The lowest BCUT2D eigenvalue weighted by Gasteiger charge is -2.43. The molecule has 1 aromatic heterocycles. The van der Waals surface area contributed by atoms with Gasteiger partial charge in [0.25, 0.3) is 0 Å². The van der Waals surface area contributed by atoms with Crippen LogP contribution in [0.1, 0.15) is 18.5 Å². The average molecular weight is 360 g/mol. The molecule has 0 spiro atoms. The number of para-hydroxylation sites is 3. The van der Waals surface area contributed by atoms with Crippen LogP contribution < -0.4 is 4.90 Å². The third-order valence-electron chi connectivity index (χ3n) is 5.98. The van der Waals surface area contributed by atoms with E-state index in [1.165, 1.54) is 44.4 Å². The van der Waals surface area contributed by atoms with Crippen LogP contribution in [-0.4, -0.2) is 4.57 Å². The first-order valence-electron chi connectivity index (χ1n) is 9.80. The summed E-state index contributed by atoms with van der Waals surface area (Å²) >= 11 is 0. The standard InChI is InChI=1S/C26H20N2/c1-18-21-11-5-7-13-24(21)27(18)20-15-16-26-23(17-20)22-12-6-8-14-25(22)28(26)19-9-3-2-4-10-19/h2-18H,1H3. The highest BCUT2D eigenvalue weighted by Crippen LogP contribution is 2.48. The molecule has 6 rings (SSSR count). The summed E-state index contributed by atoms with van der Waals surface area (Å²) in [4.78, 5) is 2.43. The normalized spacial score (nSPS) is 15.6. The minimum atomic E-state index is 0.413. The molecule has 0 aliphatic carbocycles. The Bertz CT molecular complexity index is 1330. The molecule has 1 aliphatic heterocycles. The Morgan fingerprint density at radius 1 is 0.607 bits per heavy atom. The summed E-state index contributed by atoms with van der Waals surface area (Å²) in [5.41, 5.74) is 7.70. The van der Waals surface area contributed by atoms with Gasteiger partial charge in [0.05, 0.1) is 17.1 Å². The number of hydrogen-bond donors (Lipinski definition) is 0. The highest BCUT2D eigenvalue weighted by Gasteiger charge is 2.31. The Hall–Kier alpha value is -3.52. The molecule has 1 atom stereocenters. The molecular weight excluding hydrogens is 340 g/mol. The van der Waals surface area contributed by atoms with E-state index in [0.717, 1.165) is 0 Å². The average Bonchev–Trinajstić information content (AvgIpc) is 3.08. The number of anilines is 2. The van der Waals surface area contributed by atoms with Gasteiger partial charge in [-0.2, -0.15) is 0 Å². The van der Waals surface area contributed by atoms with E-state index < -0.39 is 0 Å². The first-order valence-corrected chi connectivity index (χ1v) is 9.80. The number of nitrogens with zero attached hydrogens (tertiary/aromatic N) is 2. The Balaban J connectivity index is 1.61. The van der Waals surface area contributed by atoms with Gasteiger partial charge in [-0.15, -0.1) is 0 Å². The summed E-state index contributed by atoms with van der Waals surface area (Å²) in [5.74, 6) is 0. The zero-order chi connectivity index (χ0) is 18.7. The smallest absolute Gasteiger partial charge is 0.0584 e. The van der Waals surface area contributed by atoms with Crippen LogP contribution in [0.3, 0.4) is 0 Å². The van der Waals surface area contributed by atoms with Gasteiger partial charge in [-0.25, -0.2) is 0 Å². The van der Waals surface area contributed by atoms with E-state index in [0.29, 0.717) is 6.04 Å². The van der Waals surface area contributed by atoms with Crippen molar-refractivity contribution < 1.29 is 0 Å². The van der Waals surface area contributed by atoms with Gasteiger partial charge in [-0.1, -0.05) is 54.6 Å². The van der Waals surface area contributed by atoms with Crippen molar-refractivity contribution in [2.75, 3.05) is 4.90 Å². The number of aromatic nitrogens is 1. The molecule has 0 saturated heterocycles. The van der Waals surface area contributed by atoms with Crippen molar-refractivity contribution in [3.63, 3.8) is 0 Å². The van der Waals surface area contributed by atoms with E-state index in [1.54, 1.807) is 0 Å². The molecule has 4 aromatic carbocycles. The molecule has 5 aromatic rings. The first-order chi connectivity index (χ1) is 13.8.